The third kappa shape index (κ3) is 4.99. The van der Waals surface area contributed by atoms with E-state index in [-0.39, 0.29) is 23.4 Å². The molecule has 0 unspecified atom stereocenters. The summed E-state index contributed by atoms with van der Waals surface area (Å²) >= 11 is 0. The molecule has 2 fully saturated rings. The van der Waals surface area contributed by atoms with Crippen LogP contribution < -0.4 is 10.1 Å². The number of hydrogen-bond donors (Lipinski definition) is 1. The van der Waals surface area contributed by atoms with Crippen LogP contribution in [0.5, 0.6) is 5.75 Å². The minimum Gasteiger partial charge on any atom is -0.497 e. The van der Waals surface area contributed by atoms with Crippen LogP contribution in [0.3, 0.4) is 0 Å². The van der Waals surface area contributed by atoms with Crippen molar-refractivity contribution in [1.29, 1.82) is 0 Å². The van der Waals surface area contributed by atoms with Crippen LogP contribution in [0.2, 0.25) is 0 Å². The molecule has 0 aromatic heterocycles. The number of amides is 2. The number of anilines is 1. The van der Waals surface area contributed by atoms with Crippen molar-refractivity contribution in [1.82, 2.24) is 14.7 Å². The molecule has 2 amide bonds. The van der Waals surface area contributed by atoms with Gasteiger partial charge in [-0.3, -0.25) is 9.80 Å². The molecule has 2 saturated heterocycles. The van der Waals surface area contributed by atoms with E-state index in [0.29, 0.717) is 18.8 Å². The van der Waals surface area contributed by atoms with Gasteiger partial charge in [-0.2, -0.15) is 0 Å². The average Bonchev–Trinajstić information content (AvgIpc) is 2.75. The highest BCUT2D eigenvalue weighted by Gasteiger charge is 2.43. The Balaban J connectivity index is 1.40. The van der Waals surface area contributed by atoms with Crippen molar-refractivity contribution in [3.8, 4) is 5.75 Å². The number of nitrogens with zero attached hydrogens (tertiary/aromatic N) is 3. The monoisotopic (exact) mass is 426 g/mol. The fourth-order valence-corrected chi connectivity index (χ4v) is 4.84. The first-order valence-electron chi connectivity index (χ1n) is 10.8. The second-order valence-corrected chi connectivity index (χ2v) is 9.06. The molecule has 1 atom stereocenters. The summed E-state index contributed by atoms with van der Waals surface area (Å²) in [4.78, 5) is 19.7. The highest BCUT2D eigenvalue weighted by atomic mass is 19.1. The quantitative estimate of drug-likeness (QED) is 0.811. The largest absolute Gasteiger partial charge is 0.497 e. The van der Waals surface area contributed by atoms with E-state index in [0.717, 1.165) is 31.9 Å². The van der Waals surface area contributed by atoms with Crippen molar-refractivity contribution in [3.63, 3.8) is 0 Å². The zero-order valence-electron chi connectivity index (χ0n) is 18.5. The van der Waals surface area contributed by atoms with Gasteiger partial charge >= 0.3 is 6.03 Å². The van der Waals surface area contributed by atoms with Gasteiger partial charge in [0.05, 0.1) is 7.11 Å². The van der Waals surface area contributed by atoms with Gasteiger partial charge in [0.15, 0.2) is 0 Å². The molecule has 0 saturated carbocycles. The van der Waals surface area contributed by atoms with E-state index in [1.54, 1.807) is 19.2 Å². The van der Waals surface area contributed by atoms with Crippen molar-refractivity contribution >= 4 is 11.7 Å². The normalized spacial score (nSPS) is 21.4. The van der Waals surface area contributed by atoms with Gasteiger partial charge in [0.25, 0.3) is 0 Å². The molecule has 2 aliphatic heterocycles. The summed E-state index contributed by atoms with van der Waals surface area (Å²) in [7, 11) is 1.68. The topological polar surface area (TPSA) is 48.1 Å². The number of ether oxygens (including phenoxy) is 1. The molecule has 0 bridgehead atoms. The van der Waals surface area contributed by atoms with Gasteiger partial charge in [0.2, 0.25) is 0 Å². The van der Waals surface area contributed by atoms with Gasteiger partial charge in [-0.05, 0) is 55.8 Å². The second kappa shape index (κ2) is 8.85. The smallest absolute Gasteiger partial charge is 0.321 e. The Kier molecular flexibility index (Phi) is 6.16. The van der Waals surface area contributed by atoms with Crippen molar-refractivity contribution in [3.05, 3.63) is 59.9 Å². The number of rotatable bonds is 4. The van der Waals surface area contributed by atoms with E-state index in [1.807, 2.05) is 17.0 Å². The lowest BCUT2D eigenvalue weighted by atomic mass is 9.92. The Morgan fingerprint density at radius 1 is 1.10 bits per heavy atom. The molecule has 0 radical (unpaired) electrons. The molecule has 2 aromatic carbocycles. The van der Waals surface area contributed by atoms with Crippen molar-refractivity contribution in [2.24, 2.45) is 0 Å². The van der Waals surface area contributed by atoms with E-state index in [4.69, 9.17) is 4.74 Å². The Labute approximate surface area is 183 Å². The molecule has 6 nitrogen and oxygen atoms in total. The number of fused-ring (bicyclic) bond motifs is 1. The van der Waals surface area contributed by atoms with Gasteiger partial charge in [-0.15, -0.1) is 0 Å². The van der Waals surface area contributed by atoms with E-state index >= 15 is 0 Å². The molecular formula is C24H31FN4O2. The molecule has 2 heterocycles. The Morgan fingerprint density at radius 3 is 2.48 bits per heavy atom. The van der Waals surface area contributed by atoms with Crippen LogP contribution in [-0.2, 0) is 6.54 Å². The Morgan fingerprint density at radius 2 is 1.81 bits per heavy atom. The van der Waals surface area contributed by atoms with Crippen molar-refractivity contribution < 1.29 is 13.9 Å². The predicted octanol–water partition coefficient (Wildman–Crippen LogP) is 3.65. The third-order valence-corrected chi connectivity index (χ3v) is 6.29. The van der Waals surface area contributed by atoms with Crippen LogP contribution in [0.4, 0.5) is 14.9 Å². The zero-order chi connectivity index (χ0) is 22.0. The van der Waals surface area contributed by atoms with Crippen LogP contribution >= 0.6 is 0 Å². The minimum absolute atomic E-state index is 0.0366. The molecular weight excluding hydrogens is 395 g/mol. The SMILES string of the molecule is COc1ccc(CN2C[C@@H]3CN(C(=O)Nc4ccc(F)cc4)CCN3C(C)(C)C2)cc1. The Bertz CT molecular complexity index is 901. The first kappa shape index (κ1) is 21.6. The maximum atomic E-state index is 13.1. The molecule has 2 aromatic rings. The van der Waals surface area contributed by atoms with E-state index in [9.17, 15) is 9.18 Å². The number of carbonyl (C=O) groups excluding carboxylic acids is 1. The van der Waals surface area contributed by atoms with Crippen LogP contribution in [0.15, 0.2) is 48.5 Å². The summed E-state index contributed by atoms with van der Waals surface area (Å²) in [6, 6.07) is 14.3. The van der Waals surface area contributed by atoms with Crippen LogP contribution in [0.25, 0.3) is 0 Å². The molecule has 0 spiro atoms. The van der Waals surface area contributed by atoms with Crippen LogP contribution in [0.1, 0.15) is 19.4 Å². The Hall–Kier alpha value is -2.64. The predicted molar refractivity (Wildman–Crippen MR) is 120 cm³/mol. The third-order valence-electron chi connectivity index (χ3n) is 6.29. The molecule has 166 valence electrons. The lowest BCUT2D eigenvalue weighted by molar-refractivity contribution is -0.0582. The molecule has 2 aliphatic rings. The number of benzene rings is 2. The van der Waals surface area contributed by atoms with Gasteiger partial charge < -0.3 is 15.0 Å². The number of nitrogens with one attached hydrogen (secondary N) is 1. The van der Waals surface area contributed by atoms with Gasteiger partial charge in [-0.1, -0.05) is 12.1 Å². The van der Waals surface area contributed by atoms with E-state index in [1.165, 1.54) is 17.7 Å². The number of hydrogen-bond acceptors (Lipinski definition) is 4. The highest BCUT2D eigenvalue weighted by Crippen LogP contribution is 2.29. The van der Waals surface area contributed by atoms with Gasteiger partial charge in [0, 0.05) is 56.5 Å². The zero-order valence-corrected chi connectivity index (χ0v) is 18.5. The number of carbonyl (C=O) groups is 1. The lowest BCUT2D eigenvalue weighted by Gasteiger charge is -2.55. The maximum Gasteiger partial charge on any atom is 0.321 e. The van der Waals surface area contributed by atoms with E-state index in [2.05, 4.69) is 41.1 Å². The van der Waals surface area contributed by atoms with Crippen molar-refractivity contribution in [2.45, 2.75) is 32.0 Å². The standard InChI is InChI=1S/C24H31FN4O2/c1-24(2)17-27(14-18-4-10-22(31-3)11-5-18)15-21-16-28(12-13-29(21)24)23(30)26-20-8-6-19(25)7-9-20/h4-11,21H,12-17H2,1-3H3,(H,26,30)/t21-/m1/s1. The number of methoxy groups -OCH3 is 1. The first-order valence-corrected chi connectivity index (χ1v) is 10.8. The maximum absolute atomic E-state index is 13.1. The summed E-state index contributed by atoms with van der Waals surface area (Å²) < 4.78 is 18.4. The summed E-state index contributed by atoms with van der Waals surface area (Å²) in [6.07, 6.45) is 0. The molecule has 7 heteroatoms. The second-order valence-electron chi connectivity index (χ2n) is 9.06. The fraction of sp³-hybridized carbons (Fsp3) is 0.458. The molecule has 31 heavy (non-hydrogen) atoms. The molecule has 1 N–H and O–H groups in total. The summed E-state index contributed by atoms with van der Waals surface area (Å²) in [5, 5.41) is 2.89. The summed E-state index contributed by atoms with van der Waals surface area (Å²) in [5.41, 5.74) is 1.90. The number of piperazine rings is 2. The van der Waals surface area contributed by atoms with Crippen molar-refractivity contribution in [2.75, 3.05) is 45.2 Å². The first-order chi connectivity index (χ1) is 14.8. The number of halogens is 1. The minimum atomic E-state index is -0.312. The van der Waals surface area contributed by atoms with Gasteiger partial charge in [-0.25, -0.2) is 9.18 Å². The lowest BCUT2D eigenvalue weighted by Crippen LogP contribution is -2.70. The average molecular weight is 427 g/mol. The summed E-state index contributed by atoms with van der Waals surface area (Å²) in [6.45, 7) is 9.56. The van der Waals surface area contributed by atoms with Gasteiger partial charge in [0.1, 0.15) is 11.6 Å². The summed E-state index contributed by atoms with van der Waals surface area (Å²) in [5.74, 6) is 0.553. The molecule has 4 rings (SSSR count). The van der Waals surface area contributed by atoms with E-state index < -0.39 is 0 Å². The van der Waals surface area contributed by atoms with Crippen LogP contribution in [0, 0.1) is 5.82 Å². The molecule has 0 aliphatic carbocycles. The van der Waals surface area contributed by atoms with Crippen LogP contribution in [-0.4, -0.2) is 72.1 Å². The fourth-order valence-electron chi connectivity index (χ4n) is 4.84. The highest BCUT2D eigenvalue weighted by molar-refractivity contribution is 5.89. The number of urea groups is 1.